The van der Waals surface area contributed by atoms with E-state index in [4.69, 9.17) is 4.74 Å². The molecule has 1 N–H and O–H groups in total. The third kappa shape index (κ3) is 1.81. The van der Waals surface area contributed by atoms with E-state index in [0.29, 0.717) is 6.42 Å². The Morgan fingerprint density at radius 3 is 2.91 bits per heavy atom. The number of methoxy groups -OCH3 is 1. The largest absolute Gasteiger partial charge is 0.496 e. The van der Waals surface area contributed by atoms with Gasteiger partial charge in [-0.3, -0.25) is 4.79 Å². The minimum Gasteiger partial charge on any atom is -0.496 e. The van der Waals surface area contributed by atoms with Crippen molar-refractivity contribution in [3.05, 3.63) is 34.9 Å². The van der Waals surface area contributed by atoms with Crippen LogP contribution in [0, 0.1) is 11.8 Å². The normalized spacial score (nSPS) is 33.3. The van der Waals surface area contributed by atoms with Gasteiger partial charge in [0.15, 0.2) is 0 Å². The molecular formula is C19H22O3. The van der Waals surface area contributed by atoms with Crippen molar-refractivity contribution >= 4 is 11.4 Å². The number of benzene rings is 1. The monoisotopic (exact) mass is 298 g/mol. The van der Waals surface area contributed by atoms with Gasteiger partial charge in [-0.05, 0) is 56.2 Å². The summed E-state index contributed by atoms with van der Waals surface area (Å²) in [4.78, 5) is 12.7. The van der Waals surface area contributed by atoms with Gasteiger partial charge in [0.05, 0.1) is 18.6 Å². The van der Waals surface area contributed by atoms with E-state index in [0.717, 1.165) is 31.4 Å². The van der Waals surface area contributed by atoms with E-state index >= 15 is 0 Å². The summed E-state index contributed by atoms with van der Waals surface area (Å²) < 4.78 is 5.51. The van der Waals surface area contributed by atoms with Crippen molar-refractivity contribution in [3.63, 3.8) is 0 Å². The number of allylic oxidation sites excluding steroid dienone is 2. The molecule has 2 bridgehead atoms. The number of ether oxygens (including phenoxy) is 1. The molecule has 0 saturated heterocycles. The highest BCUT2D eigenvalue weighted by Crippen LogP contribution is 2.52. The zero-order valence-corrected chi connectivity index (χ0v) is 13.2. The maximum absolute atomic E-state index is 12.7. The number of aliphatic hydroxyl groups is 1. The van der Waals surface area contributed by atoms with Crippen LogP contribution >= 0.6 is 0 Å². The molecule has 0 amide bonds. The maximum Gasteiger partial charge on any atom is 0.146 e. The van der Waals surface area contributed by atoms with Crippen molar-refractivity contribution in [2.45, 2.75) is 44.6 Å². The summed E-state index contributed by atoms with van der Waals surface area (Å²) in [7, 11) is 1.71. The molecular weight excluding hydrogens is 276 g/mol. The molecule has 1 aromatic carbocycles. The molecule has 3 atom stereocenters. The second-order valence-electron chi connectivity index (χ2n) is 7.10. The minimum absolute atomic E-state index is 0.0355. The molecule has 3 aliphatic carbocycles. The fourth-order valence-electron chi connectivity index (χ4n) is 4.68. The molecule has 0 radical (unpaired) electrons. The van der Waals surface area contributed by atoms with Gasteiger partial charge >= 0.3 is 0 Å². The summed E-state index contributed by atoms with van der Waals surface area (Å²) in [6.45, 7) is 1.83. The molecule has 116 valence electrons. The minimum atomic E-state index is -0.859. The van der Waals surface area contributed by atoms with Gasteiger partial charge in [-0.25, -0.2) is 0 Å². The van der Waals surface area contributed by atoms with Crippen LogP contribution in [0.4, 0.5) is 0 Å². The predicted molar refractivity (Wildman–Crippen MR) is 84.7 cm³/mol. The summed E-state index contributed by atoms with van der Waals surface area (Å²) in [6.07, 6.45) is 4.10. The molecule has 1 fully saturated rings. The number of hydrogen-bond acceptors (Lipinski definition) is 3. The van der Waals surface area contributed by atoms with E-state index in [9.17, 15) is 9.90 Å². The Morgan fingerprint density at radius 2 is 2.14 bits per heavy atom. The Balaban J connectivity index is 1.86. The SMILES string of the molecule is COc1cccc2c1CCC1=C2C[C@@H]2C(=O)[C@@H]1CC[C@@]2(C)O. The number of fused-ring (bicyclic) bond motifs is 5. The first-order valence-electron chi connectivity index (χ1n) is 8.17. The molecule has 0 spiro atoms. The Labute approximate surface area is 131 Å². The highest BCUT2D eigenvalue weighted by molar-refractivity contribution is 5.95. The van der Waals surface area contributed by atoms with Crippen molar-refractivity contribution < 1.29 is 14.6 Å². The van der Waals surface area contributed by atoms with E-state index in [1.54, 1.807) is 7.11 Å². The van der Waals surface area contributed by atoms with E-state index < -0.39 is 5.60 Å². The van der Waals surface area contributed by atoms with Crippen LogP contribution in [0.2, 0.25) is 0 Å². The highest BCUT2D eigenvalue weighted by Gasteiger charge is 2.50. The average Bonchev–Trinajstić information content (AvgIpc) is 2.50. The molecule has 0 aliphatic heterocycles. The molecule has 3 heteroatoms. The zero-order valence-electron chi connectivity index (χ0n) is 13.2. The molecule has 1 aromatic rings. The number of ketones is 1. The number of carbonyl (C=O) groups is 1. The van der Waals surface area contributed by atoms with Crippen molar-refractivity contribution in [3.8, 4) is 5.75 Å². The van der Waals surface area contributed by atoms with Crippen LogP contribution in [0.25, 0.3) is 5.57 Å². The van der Waals surface area contributed by atoms with Crippen LogP contribution < -0.4 is 4.74 Å². The van der Waals surface area contributed by atoms with Crippen LogP contribution in [0.5, 0.6) is 5.75 Å². The Morgan fingerprint density at radius 1 is 1.32 bits per heavy atom. The Kier molecular flexibility index (Phi) is 2.99. The third-order valence-electron chi connectivity index (χ3n) is 5.92. The summed E-state index contributed by atoms with van der Waals surface area (Å²) in [5.74, 6) is 0.995. The first-order chi connectivity index (χ1) is 10.5. The van der Waals surface area contributed by atoms with Gasteiger partial charge in [0, 0.05) is 11.5 Å². The van der Waals surface area contributed by atoms with Gasteiger partial charge in [-0.2, -0.15) is 0 Å². The average molecular weight is 298 g/mol. The van der Waals surface area contributed by atoms with Gasteiger partial charge < -0.3 is 9.84 Å². The van der Waals surface area contributed by atoms with Crippen molar-refractivity contribution in [2.24, 2.45) is 11.8 Å². The maximum atomic E-state index is 12.7. The molecule has 0 aromatic heterocycles. The lowest BCUT2D eigenvalue weighted by atomic mass is 9.59. The van der Waals surface area contributed by atoms with Crippen LogP contribution in [0.3, 0.4) is 0 Å². The predicted octanol–water partition coefficient (Wildman–Crippen LogP) is 3.15. The molecule has 22 heavy (non-hydrogen) atoms. The number of carbonyl (C=O) groups excluding carboxylic acids is 1. The Bertz CT molecular complexity index is 684. The summed E-state index contributed by atoms with van der Waals surface area (Å²) in [6, 6.07) is 6.18. The molecule has 4 rings (SSSR count). The summed E-state index contributed by atoms with van der Waals surface area (Å²) >= 11 is 0. The number of Topliss-reactive ketones (excluding diaryl/α,β-unsaturated/α-hetero) is 1. The van der Waals surface area contributed by atoms with Crippen LogP contribution in [-0.4, -0.2) is 23.6 Å². The van der Waals surface area contributed by atoms with Crippen molar-refractivity contribution in [1.29, 1.82) is 0 Å². The molecule has 3 aliphatic rings. The van der Waals surface area contributed by atoms with Crippen molar-refractivity contribution in [1.82, 2.24) is 0 Å². The van der Waals surface area contributed by atoms with Gasteiger partial charge in [-0.1, -0.05) is 17.7 Å². The van der Waals surface area contributed by atoms with E-state index in [2.05, 4.69) is 6.07 Å². The van der Waals surface area contributed by atoms with Crippen molar-refractivity contribution in [2.75, 3.05) is 7.11 Å². The van der Waals surface area contributed by atoms with E-state index in [1.807, 2.05) is 19.1 Å². The van der Waals surface area contributed by atoms with Gasteiger partial charge in [-0.15, -0.1) is 0 Å². The first kappa shape index (κ1) is 14.0. The lowest BCUT2D eigenvalue weighted by molar-refractivity contribution is -0.141. The second-order valence-corrected chi connectivity index (χ2v) is 7.10. The third-order valence-corrected chi connectivity index (χ3v) is 5.92. The fourth-order valence-corrected chi connectivity index (χ4v) is 4.68. The standard InChI is InChI=1S/C19H22O3/c1-19(21)9-8-14-12-6-7-13-11(4-3-5-17(13)22-2)15(12)10-16(19)18(14)20/h3-5,14,16,21H,6-10H2,1-2H3/t14-,16-,19-/m1/s1. The Hall–Kier alpha value is -1.61. The molecule has 1 saturated carbocycles. The zero-order chi connectivity index (χ0) is 15.5. The topological polar surface area (TPSA) is 46.5 Å². The smallest absolute Gasteiger partial charge is 0.146 e. The first-order valence-corrected chi connectivity index (χ1v) is 8.17. The second kappa shape index (κ2) is 4.69. The molecule has 3 nitrogen and oxygen atoms in total. The van der Waals surface area contributed by atoms with Gasteiger partial charge in [0.1, 0.15) is 11.5 Å². The highest BCUT2D eigenvalue weighted by atomic mass is 16.5. The van der Waals surface area contributed by atoms with Gasteiger partial charge in [0.2, 0.25) is 0 Å². The lowest BCUT2D eigenvalue weighted by Gasteiger charge is -2.46. The van der Waals surface area contributed by atoms with E-state index in [-0.39, 0.29) is 17.6 Å². The van der Waals surface area contributed by atoms with Crippen LogP contribution in [-0.2, 0) is 11.2 Å². The van der Waals surface area contributed by atoms with Crippen LogP contribution in [0.15, 0.2) is 23.8 Å². The molecule has 0 heterocycles. The quantitative estimate of drug-likeness (QED) is 0.866. The number of rotatable bonds is 1. The summed E-state index contributed by atoms with van der Waals surface area (Å²) in [5.41, 5.74) is 4.27. The summed E-state index contributed by atoms with van der Waals surface area (Å²) in [5, 5.41) is 10.6. The van der Waals surface area contributed by atoms with Crippen LogP contribution in [0.1, 0.15) is 43.7 Å². The fraction of sp³-hybridized carbons (Fsp3) is 0.526. The molecule has 0 unspecified atom stereocenters. The van der Waals surface area contributed by atoms with E-state index in [1.165, 1.54) is 22.3 Å². The number of hydrogen-bond donors (Lipinski definition) is 1. The lowest BCUT2D eigenvalue weighted by Crippen LogP contribution is -2.50. The van der Waals surface area contributed by atoms with Gasteiger partial charge in [0.25, 0.3) is 0 Å².